The number of hydrogen-bond acceptors (Lipinski definition) is 4. The van der Waals surface area contributed by atoms with Crippen LogP contribution in [0.1, 0.15) is 17.3 Å². The molecule has 1 aromatic rings. The molecule has 5 nitrogen and oxygen atoms in total. The van der Waals surface area contributed by atoms with Crippen LogP contribution in [0.2, 0.25) is 5.02 Å². The molecule has 0 amide bonds. The maximum absolute atomic E-state index is 11.3. The van der Waals surface area contributed by atoms with Crippen molar-refractivity contribution in [1.82, 2.24) is 0 Å². The minimum Gasteiger partial charge on any atom is -0.495 e. The largest absolute Gasteiger partial charge is 0.495 e. The Morgan fingerprint density at radius 1 is 1.35 bits per heavy atom. The molecule has 0 aliphatic carbocycles. The molecular formula is C11H11ClO5. The smallest absolute Gasteiger partial charge is 0.341 e. The number of methoxy groups -OCH3 is 1. The second-order valence-corrected chi connectivity index (χ2v) is 3.63. The van der Waals surface area contributed by atoms with E-state index in [1.807, 2.05) is 0 Å². The Kier molecular flexibility index (Phi) is 4.34. The maximum atomic E-state index is 11.3. The quantitative estimate of drug-likeness (QED) is 0.818. The molecule has 1 aromatic carbocycles. The van der Waals surface area contributed by atoms with Crippen LogP contribution in [-0.4, -0.2) is 30.6 Å². The normalized spacial score (nSPS) is 9.82. The van der Waals surface area contributed by atoms with E-state index in [-0.39, 0.29) is 22.1 Å². The number of benzene rings is 1. The molecule has 0 unspecified atom stereocenters. The third-order valence-corrected chi connectivity index (χ3v) is 2.28. The summed E-state index contributed by atoms with van der Waals surface area (Å²) in [6, 6.07) is 2.78. The minimum atomic E-state index is -1.13. The average Bonchev–Trinajstić information content (AvgIpc) is 2.26. The topological polar surface area (TPSA) is 72.8 Å². The minimum absolute atomic E-state index is 0.140. The Morgan fingerprint density at radius 3 is 2.47 bits per heavy atom. The van der Waals surface area contributed by atoms with Crippen molar-refractivity contribution in [3.05, 3.63) is 22.7 Å². The number of rotatable bonds is 5. The molecule has 1 N–H and O–H groups in total. The van der Waals surface area contributed by atoms with Gasteiger partial charge in [-0.3, -0.25) is 4.79 Å². The Balaban J connectivity index is 3.14. The zero-order valence-electron chi connectivity index (χ0n) is 9.32. The molecule has 0 aliphatic heterocycles. The fourth-order valence-electron chi connectivity index (χ4n) is 1.23. The van der Waals surface area contributed by atoms with E-state index in [4.69, 9.17) is 26.2 Å². The van der Waals surface area contributed by atoms with Gasteiger partial charge in [-0.15, -0.1) is 0 Å². The molecule has 0 atom stereocenters. The molecular weight excluding hydrogens is 248 g/mol. The third kappa shape index (κ3) is 3.35. The van der Waals surface area contributed by atoms with E-state index in [0.717, 1.165) is 0 Å². The first kappa shape index (κ1) is 13.3. The lowest BCUT2D eigenvalue weighted by Gasteiger charge is -2.11. The van der Waals surface area contributed by atoms with Crippen LogP contribution >= 0.6 is 11.6 Å². The van der Waals surface area contributed by atoms with Crippen molar-refractivity contribution in [3.8, 4) is 11.5 Å². The van der Waals surface area contributed by atoms with Gasteiger partial charge in [0.15, 0.2) is 12.4 Å². The van der Waals surface area contributed by atoms with Gasteiger partial charge in [0.05, 0.1) is 17.7 Å². The summed E-state index contributed by atoms with van der Waals surface area (Å²) in [5.41, 5.74) is 0.219. The number of carboxylic acids is 1. The van der Waals surface area contributed by atoms with Crippen molar-refractivity contribution in [2.45, 2.75) is 6.92 Å². The van der Waals surface area contributed by atoms with Crippen LogP contribution in [0, 0.1) is 0 Å². The van der Waals surface area contributed by atoms with Gasteiger partial charge in [0.1, 0.15) is 11.5 Å². The number of carboxylic acid groups (broad SMARTS) is 1. The van der Waals surface area contributed by atoms with Gasteiger partial charge < -0.3 is 14.6 Å². The van der Waals surface area contributed by atoms with Crippen molar-refractivity contribution in [3.63, 3.8) is 0 Å². The Morgan fingerprint density at radius 2 is 2.00 bits per heavy atom. The zero-order chi connectivity index (χ0) is 13.0. The highest BCUT2D eigenvalue weighted by Gasteiger charge is 2.14. The van der Waals surface area contributed by atoms with Crippen molar-refractivity contribution in [1.29, 1.82) is 0 Å². The van der Waals surface area contributed by atoms with Crippen molar-refractivity contribution in [2.24, 2.45) is 0 Å². The lowest BCUT2D eigenvalue weighted by atomic mass is 10.1. The Labute approximate surface area is 103 Å². The number of carbonyl (C=O) groups excluding carboxylic acids is 1. The number of Topliss-reactive ketones (excluding diaryl/α,β-unsaturated/α-hetero) is 1. The first-order chi connectivity index (χ1) is 7.95. The summed E-state index contributed by atoms with van der Waals surface area (Å²) in [6.07, 6.45) is 0. The second kappa shape index (κ2) is 5.54. The molecule has 0 fully saturated rings. The van der Waals surface area contributed by atoms with Gasteiger partial charge in [-0.05, 0) is 13.0 Å². The number of carbonyl (C=O) groups is 2. The first-order valence-electron chi connectivity index (χ1n) is 4.68. The summed E-state index contributed by atoms with van der Waals surface area (Å²) in [7, 11) is 1.41. The van der Waals surface area contributed by atoms with E-state index in [1.54, 1.807) is 0 Å². The molecule has 6 heteroatoms. The van der Waals surface area contributed by atoms with Crippen LogP contribution in [0.4, 0.5) is 0 Å². The molecule has 1 rings (SSSR count). The molecule has 92 valence electrons. The van der Waals surface area contributed by atoms with Crippen LogP contribution in [0.15, 0.2) is 12.1 Å². The number of ether oxygens (including phenoxy) is 2. The monoisotopic (exact) mass is 258 g/mol. The van der Waals surface area contributed by atoms with Crippen LogP contribution in [0.3, 0.4) is 0 Å². The average molecular weight is 259 g/mol. The summed E-state index contributed by atoms with van der Waals surface area (Å²) in [5.74, 6) is -0.943. The molecule has 0 spiro atoms. The van der Waals surface area contributed by atoms with Crippen molar-refractivity contribution in [2.75, 3.05) is 13.7 Å². The summed E-state index contributed by atoms with van der Waals surface area (Å²) < 4.78 is 9.95. The van der Waals surface area contributed by atoms with Gasteiger partial charge in [-0.25, -0.2) is 4.79 Å². The summed E-state index contributed by atoms with van der Waals surface area (Å²) in [4.78, 5) is 21.7. The predicted octanol–water partition coefficient (Wildman–Crippen LogP) is 2.01. The molecule has 0 heterocycles. The zero-order valence-corrected chi connectivity index (χ0v) is 10.1. The van der Waals surface area contributed by atoms with E-state index in [2.05, 4.69) is 0 Å². The molecule has 0 bridgehead atoms. The standard InChI is InChI=1S/C11H11ClO5/c1-6(13)7-3-8(12)10(16-2)4-9(7)17-5-11(14)15/h3-4H,5H2,1-2H3,(H,14,15). The van der Waals surface area contributed by atoms with Crippen LogP contribution in [0.25, 0.3) is 0 Å². The van der Waals surface area contributed by atoms with Crippen LogP contribution in [0.5, 0.6) is 11.5 Å². The second-order valence-electron chi connectivity index (χ2n) is 3.22. The number of halogens is 1. The molecule has 0 saturated carbocycles. The lowest BCUT2D eigenvalue weighted by molar-refractivity contribution is -0.139. The highest BCUT2D eigenvalue weighted by molar-refractivity contribution is 6.32. The SMILES string of the molecule is COc1cc(OCC(=O)O)c(C(C)=O)cc1Cl. The van der Waals surface area contributed by atoms with E-state index in [0.29, 0.717) is 5.75 Å². The molecule has 0 saturated heterocycles. The fraction of sp³-hybridized carbons (Fsp3) is 0.273. The lowest BCUT2D eigenvalue weighted by Crippen LogP contribution is -2.11. The summed E-state index contributed by atoms with van der Waals surface area (Å²) in [5, 5.41) is 8.78. The summed E-state index contributed by atoms with van der Waals surface area (Å²) >= 11 is 5.86. The van der Waals surface area contributed by atoms with E-state index < -0.39 is 12.6 Å². The molecule has 0 radical (unpaired) electrons. The van der Waals surface area contributed by atoms with E-state index >= 15 is 0 Å². The van der Waals surface area contributed by atoms with Crippen molar-refractivity contribution < 1.29 is 24.2 Å². The summed E-state index contributed by atoms with van der Waals surface area (Å²) in [6.45, 7) is 0.802. The van der Waals surface area contributed by atoms with Crippen LogP contribution in [-0.2, 0) is 4.79 Å². The number of hydrogen-bond donors (Lipinski definition) is 1. The number of aliphatic carboxylic acids is 1. The first-order valence-corrected chi connectivity index (χ1v) is 5.06. The maximum Gasteiger partial charge on any atom is 0.341 e. The predicted molar refractivity (Wildman–Crippen MR) is 61.1 cm³/mol. The van der Waals surface area contributed by atoms with E-state index in [1.165, 1.54) is 26.2 Å². The van der Waals surface area contributed by atoms with E-state index in [9.17, 15) is 9.59 Å². The van der Waals surface area contributed by atoms with Gasteiger partial charge in [0.2, 0.25) is 0 Å². The molecule has 0 aliphatic rings. The Bertz CT molecular complexity index is 455. The van der Waals surface area contributed by atoms with Gasteiger partial charge in [-0.1, -0.05) is 11.6 Å². The highest BCUT2D eigenvalue weighted by Crippen LogP contribution is 2.32. The Hall–Kier alpha value is -1.75. The molecule has 17 heavy (non-hydrogen) atoms. The van der Waals surface area contributed by atoms with Crippen LogP contribution < -0.4 is 9.47 Å². The number of ketones is 1. The highest BCUT2D eigenvalue weighted by atomic mass is 35.5. The third-order valence-electron chi connectivity index (χ3n) is 1.98. The van der Waals surface area contributed by atoms with Gasteiger partial charge in [0, 0.05) is 6.07 Å². The molecule has 0 aromatic heterocycles. The fourth-order valence-corrected chi connectivity index (χ4v) is 1.47. The van der Waals surface area contributed by atoms with Gasteiger partial charge in [0.25, 0.3) is 0 Å². The van der Waals surface area contributed by atoms with Crippen molar-refractivity contribution >= 4 is 23.4 Å². The van der Waals surface area contributed by atoms with Gasteiger partial charge in [-0.2, -0.15) is 0 Å². The van der Waals surface area contributed by atoms with Gasteiger partial charge >= 0.3 is 5.97 Å².